The standard InChI is InChI=1S/C10H10N2O3S/c1-5-6(2)16-9-8(5)10(15)12(4-11-9)3-7(13)14/h4H,3H2,1-2H3,(H,13,14). The summed E-state index contributed by atoms with van der Waals surface area (Å²) in [6.07, 6.45) is 1.29. The molecule has 2 heterocycles. The van der Waals surface area contributed by atoms with Gasteiger partial charge in [-0.15, -0.1) is 11.3 Å². The number of carboxylic acid groups (broad SMARTS) is 1. The zero-order valence-corrected chi connectivity index (χ0v) is 9.67. The predicted octanol–water partition coefficient (Wildman–Crippen LogP) is 1.16. The van der Waals surface area contributed by atoms with Crippen molar-refractivity contribution >= 4 is 27.5 Å². The Labute approximate surface area is 95.0 Å². The maximum Gasteiger partial charge on any atom is 0.323 e. The number of carbonyl (C=O) groups is 1. The van der Waals surface area contributed by atoms with Gasteiger partial charge in [-0.2, -0.15) is 0 Å². The minimum Gasteiger partial charge on any atom is -0.480 e. The van der Waals surface area contributed by atoms with Crippen LogP contribution in [0.4, 0.5) is 0 Å². The third kappa shape index (κ3) is 1.61. The molecule has 0 aromatic carbocycles. The number of hydrogen-bond donors (Lipinski definition) is 1. The summed E-state index contributed by atoms with van der Waals surface area (Å²) in [4.78, 5) is 28.3. The molecule has 0 spiro atoms. The minimum absolute atomic E-state index is 0.283. The molecule has 6 heteroatoms. The van der Waals surface area contributed by atoms with Gasteiger partial charge in [0.25, 0.3) is 5.56 Å². The third-order valence-corrected chi connectivity index (χ3v) is 3.58. The van der Waals surface area contributed by atoms with E-state index in [1.54, 1.807) is 0 Å². The van der Waals surface area contributed by atoms with Gasteiger partial charge < -0.3 is 5.11 Å². The first-order chi connectivity index (χ1) is 7.50. The summed E-state index contributed by atoms with van der Waals surface area (Å²) in [7, 11) is 0. The largest absolute Gasteiger partial charge is 0.480 e. The van der Waals surface area contributed by atoms with E-state index in [9.17, 15) is 9.59 Å². The monoisotopic (exact) mass is 238 g/mol. The number of rotatable bonds is 2. The number of thiophene rings is 1. The van der Waals surface area contributed by atoms with Crippen LogP contribution < -0.4 is 5.56 Å². The Kier molecular flexibility index (Phi) is 2.51. The van der Waals surface area contributed by atoms with E-state index in [0.717, 1.165) is 15.0 Å². The van der Waals surface area contributed by atoms with E-state index in [4.69, 9.17) is 5.11 Å². The maximum absolute atomic E-state index is 12.0. The van der Waals surface area contributed by atoms with Gasteiger partial charge in [0.1, 0.15) is 11.4 Å². The number of hydrogen-bond acceptors (Lipinski definition) is 4. The number of aromatic nitrogens is 2. The molecule has 0 unspecified atom stereocenters. The number of aliphatic carboxylic acids is 1. The molecule has 0 aliphatic rings. The van der Waals surface area contributed by atoms with Crippen LogP contribution in [-0.2, 0) is 11.3 Å². The number of fused-ring (bicyclic) bond motifs is 1. The second kappa shape index (κ2) is 3.71. The molecule has 0 saturated carbocycles. The lowest BCUT2D eigenvalue weighted by Crippen LogP contribution is -2.24. The molecule has 0 radical (unpaired) electrons. The van der Waals surface area contributed by atoms with Crippen LogP contribution in [0.1, 0.15) is 10.4 Å². The normalized spacial score (nSPS) is 10.9. The van der Waals surface area contributed by atoms with Crippen molar-refractivity contribution in [1.29, 1.82) is 0 Å². The SMILES string of the molecule is Cc1sc2ncn(CC(=O)O)c(=O)c2c1C. The summed E-state index contributed by atoms with van der Waals surface area (Å²) < 4.78 is 1.11. The van der Waals surface area contributed by atoms with Crippen LogP contribution in [-0.4, -0.2) is 20.6 Å². The van der Waals surface area contributed by atoms with Gasteiger partial charge in [-0.1, -0.05) is 0 Å². The van der Waals surface area contributed by atoms with Crippen molar-refractivity contribution in [2.45, 2.75) is 20.4 Å². The average Bonchev–Trinajstić information content (AvgIpc) is 2.48. The number of nitrogens with zero attached hydrogens (tertiary/aromatic N) is 2. The van der Waals surface area contributed by atoms with Crippen LogP contribution in [0.5, 0.6) is 0 Å². The fourth-order valence-corrected chi connectivity index (χ4v) is 2.52. The van der Waals surface area contributed by atoms with Gasteiger partial charge in [-0.3, -0.25) is 14.2 Å². The zero-order chi connectivity index (χ0) is 11.9. The Morgan fingerprint density at radius 1 is 1.56 bits per heavy atom. The van der Waals surface area contributed by atoms with Crippen molar-refractivity contribution in [2.24, 2.45) is 0 Å². The molecule has 2 aromatic heterocycles. The van der Waals surface area contributed by atoms with Gasteiger partial charge in [0.2, 0.25) is 0 Å². The molecule has 1 N–H and O–H groups in total. The Bertz CT molecular complexity index is 627. The third-order valence-electron chi connectivity index (χ3n) is 2.46. The molecular formula is C10H10N2O3S. The smallest absolute Gasteiger partial charge is 0.323 e. The van der Waals surface area contributed by atoms with Gasteiger partial charge in [-0.05, 0) is 19.4 Å². The average molecular weight is 238 g/mol. The number of carboxylic acids is 1. The highest BCUT2D eigenvalue weighted by Crippen LogP contribution is 2.25. The number of aryl methyl sites for hydroxylation is 2. The van der Waals surface area contributed by atoms with E-state index in [1.807, 2.05) is 13.8 Å². The molecule has 0 bridgehead atoms. The van der Waals surface area contributed by atoms with Crippen molar-refractivity contribution in [3.63, 3.8) is 0 Å². The van der Waals surface area contributed by atoms with E-state index in [1.165, 1.54) is 17.7 Å². The summed E-state index contributed by atoms with van der Waals surface area (Å²) in [5.41, 5.74) is 0.603. The highest BCUT2D eigenvalue weighted by Gasteiger charge is 2.12. The van der Waals surface area contributed by atoms with Crippen LogP contribution in [0.25, 0.3) is 10.2 Å². The van der Waals surface area contributed by atoms with Crippen LogP contribution in [0, 0.1) is 13.8 Å². The van der Waals surface area contributed by atoms with E-state index in [0.29, 0.717) is 10.2 Å². The molecule has 0 aliphatic heterocycles. The quantitative estimate of drug-likeness (QED) is 0.852. The van der Waals surface area contributed by atoms with Gasteiger partial charge in [0.05, 0.1) is 11.7 Å². The lowest BCUT2D eigenvalue weighted by atomic mass is 10.2. The zero-order valence-electron chi connectivity index (χ0n) is 8.85. The van der Waals surface area contributed by atoms with E-state index >= 15 is 0 Å². The second-order valence-electron chi connectivity index (χ2n) is 3.53. The highest BCUT2D eigenvalue weighted by molar-refractivity contribution is 7.18. The molecule has 0 fully saturated rings. The molecule has 2 aromatic rings. The summed E-state index contributed by atoms with van der Waals surface area (Å²) in [5, 5.41) is 9.19. The maximum atomic E-state index is 12.0. The first kappa shape index (κ1) is 10.8. The van der Waals surface area contributed by atoms with Gasteiger partial charge in [-0.25, -0.2) is 4.98 Å². The van der Waals surface area contributed by atoms with E-state index in [-0.39, 0.29) is 12.1 Å². The van der Waals surface area contributed by atoms with Crippen LogP contribution in [0.2, 0.25) is 0 Å². The molecule has 0 saturated heterocycles. The fraction of sp³-hybridized carbons (Fsp3) is 0.300. The predicted molar refractivity (Wildman–Crippen MR) is 61.0 cm³/mol. The van der Waals surface area contributed by atoms with E-state index in [2.05, 4.69) is 4.98 Å². The molecule has 5 nitrogen and oxygen atoms in total. The molecular weight excluding hydrogens is 228 g/mol. The fourth-order valence-electron chi connectivity index (χ4n) is 1.53. The lowest BCUT2D eigenvalue weighted by Gasteiger charge is -2.00. The summed E-state index contributed by atoms with van der Waals surface area (Å²) in [6, 6.07) is 0. The summed E-state index contributed by atoms with van der Waals surface area (Å²) in [5.74, 6) is -1.05. The first-order valence-electron chi connectivity index (χ1n) is 4.67. The van der Waals surface area contributed by atoms with Gasteiger partial charge in [0, 0.05) is 4.88 Å². The first-order valence-corrected chi connectivity index (χ1v) is 5.49. The second-order valence-corrected chi connectivity index (χ2v) is 4.74. The molecule has 0 amide bonds. The van der Waals surface area contributed by atoms with E-state index < -0.39 is 5.97 Å². The molecule has 16 heavy (non-hydrogen) atoms. The minimum atomic E-state index is -1.05. The Morgan fingerprint density at radius 2 is 2.25 bits per heavy atom. The van der Waals surface area contributed by atoms with Gasteiger partial charge in [0.15, 0.2) is 0 Å². The Balaban J connectivity index is 2.73. The van der Waals surface area contributed by atoms with Crippen molar-refractivity contribution in [1.82, 2.24) is 9.55 Å². The molecule has 0 atom stereocenters. The Morgan fingerprint density at radius 3 is 2.88 bits per heavy atom. The van der Waals surface area contributed by atoms with Crippen molar-refractivity contribution in [3.05, 3.63) is 27.1 Å². The van der Waals surface area contributed by atoms with Crippen molar-refractivity contribution in [3.8, 4) is 0 Å². The van der Waals surface area contributed by atoms with Gasteiger partial charge >= 0.3 is 5.97 Å². The molecule has 84 valence electrons. The van der Waals surface area contributed by atoms with Crippen LogP contribution in [0.15, 0.2) is 11.1 Å². The summed E-state index contributed by atoms with van der Waals surface area (Å²) >= 11 is 1.45. The topological polar surface area (TPSA) is 72.2 Å². The lowest BCUT2D eigenvalue weighted by molar-refractivity contribution is -0.137. The van der Waals surface area contributed by atoms with Crippen LogP contribution in [0.3, 0.4) is 0 Å². The molecule has 2 rings (SSSR count). The van der Waals surface area contributed by atoms with Crippen molar-refractivity contribution < 1.29 is 9.90 Å². The van der Waals surface area contributed by atoms with Crippen molar-refractivity contribution in [2.75, 3.05) is 0 Å². The summed E-state index contributed by atoms with van der Waals surface area (Å²) in [6.45, 7) is 3.42. The highest BCUT2D eigenvalue weighted by atomic mass is 32.1. The Hall–Kier alpha value is -1.69. The van der Waals surface area contributed by atoms with Crippen LogP contribution >= 0.6 is 11.3 Å². The molecule has 0 aliphatic carbocycles.